The maximum Gasteiger partial charge on any atom is 0.306 e. The van der Waals surface area contributed by atoms with Gasteiger partial charge in [-0.3, -0.25) is 4.79 Å². The lowest BCUT2D eigenvalue weighted by Gasteiger charge is -2.37. The maximum atomic E-state index is 12.5. The van der Waals surface area contributed by atoms with Gasteiger partial charge in [-0.25, -0.2) is 0 Å². The van der Waals surface area contributed by atoms with E-state index in [2.05, 4.69) is 36.4 Å². The molecule has 1 aliphatic heterocycles. The van der Waals surface area contributed by atoms with E-state index in [0.29, 0.717) is 18.1 Å². The lowest BCUT2D eigenvalue weighted by molar-refractivity contribution is -0.141. The maximum absolute atomic E-state index is 12.5. The molecule has 0 saturated carbocycles. The van der Waals surface area contributed by atoms with Crippen LogP contribution in [0.4, 0.5) is 0 Å². The highest BCUT2D eigenvalue weighted by Crippen LogP contribution is 2.44. The molecule has 4 aromatic rings. The quantitative estimate of drug-likeness (QED) is 0.201. The molecule has 4 aromatic carbocycles. The molecule has 1 fully saturated rings. The summed E-state index contributed by atoms with van der Waals surface area (Å²) in [6.07, 6.45) is -0.180. The Hall–Kier alpha value is -4.09. The average Bonchev–Trinajstić information content (AvgIpc) is 3.35. The number of benzene rings is 4. The van der Waals surface area contributed by atoms with Crippen LogP contribution in [0.2, 0.25) is 0 Å². The minimum absolute atomic E-state index is 0.180. The highest BCUT2D eigenvalue weighted by atomic mass is 16.6. The largest absolute Gasteiger partial charge is 0.493 e. The summed E-state index contributed by atoms with van der Waals surface area (Å²) in [5.41, 5.74) is 3.03. The number of carbonyl (C=O) groups is 1. The molecule has 0 bridgehead atoms. The zero-order valence-electron chi connectivity index (χ0n) is 21.0. The Morgan fingerprint density at radius 2 is 1.24 bits per heavy atom. The number of hydrogen-bond donors (Lipinski definition) is 0. The van der Waals surface area contributed by atoms with Crippen molar-refractivity contribution in [2.24, 2.45) is 5.92 Å². The average molecular weight is 495 g/mol. The third-order valence-electron chi connectivity index (χ3n) is 6.91. The van der Waals surface area contributed by atoms with Crippen molar-refractivity contribution in [2.75, 3.05) is 20.8 Å². The Morgan fingerprint density at radius 1 is 0.730 bits per heavy atom. The van der Waals surface area contributed by atoms with Crippen LogP contribution in [-0.2, 0) is 19.9 Å². The van der Waals surface area contributed by atoms with Crippen molar-refractivity contribution < 1.29 is 23.7 Å². The normalized spacial score (nSPS) is 17.3. The van der Waals surface area contributed by atoms with Crippen LogP contribution in [0.1, 0.15) is 34.8 Å². The van der Waals surface area contributed by atoms with Crippen molar-refractivity contribution in [3.8, 4) is 11.5 Å². The molecule has 1 heterocycles. The van der Waals surface area contributed by atoms with E-state index in [0.717, 1.165) is 22.3 Å². The van der Waals surface area contributed by atoms with Crippen molar-refractivity contribution in [1.29, 1.82) is 0 Å². The molecule has 37 heavy (non-hydrogen) atoms. The van der Waals surface area contributed by atoms with Crippen LogP contribution in [-0.4, -0.2) is 26.8 Å². The monoisotopic (exact) mass is 494 g/mol. The number of cyclic esters (lactones) is 1. The van der Waals surface area contributed by atoms with Gasteiger partial charge in [-0.2, -0.15) is 0 Å². The van der Waals surface area contributed by atoms with Crippen LogP contribution in [0.5, 0.6) is 11.5 Å². The number of hydrogen-bond acceptors (Lipinski definition) is 5. The summed E-state index contributed by atoms with van der Waals surface area (Å²) in [5.74, 6) is 0.800. The topological polar surface area (TPSA) is 54.0 Å². The van der Waals surface area contributed by atoms with Crippen molar-refractivity contribution in [2.45, 2.75) is 18.1 Å². The molecular weight excluding hydrogens is 464 g/mol. The standard InChI is InChI=1S/C32H30O5/c1-34-28-19-18-23(20-29(28)35-2)31-24(21-30(33)37-31)22-36-32(25-12-6-3-7-13-25,26-14-8-4-9-15-26)27-16-10-5-11-17-27/h3-20,24,31H,21-22H2,1-2H3/t24-,31-/m0/s1. The summed E-state index contributed by atoms with van der Waals surface area (Å²) in [5, 5.41) is 0. The van der Waals surface area contributed by atoms with Gasteiger partial charge in [-0.05, 0) is 34.4 Å². The first-order chi connectivity index (χ1) is 18.2. The zero-order valence-corrected chi connectivity index (χ0v) is 21.0. The Balaban J connectivity index is 1.55. The summed E-state index contributed by atoms with van der Waals surface area (Å²) in [6, 6.07) is 36.3. The van der Waals surface area contributed by atoms with Gasteiger partial charge in [0.15, 0.2) is 11.5 Å². The summed E-state index contributed by atoms with van der Waals surface area (Å²) in [7, 11) is 3.19. The second kappa shape index (κ2) is 10.9. The van der Waals surface area contributed by atoms with Crippen LogP contribution in [0.3, 0.4) is 0 Å². The second-order valence-electron chi connectivity index (χ2n) is 9.08. The molecule has 188 valence electrons. The zero-order chi connectivity index (χ0) is 25.7. The van der Waals surface area contributed by atoms with Gasteiger partial charge in [0.1, 0.15) is 11.7 Å². The first-order valence-corrected chi connectivity index (χ1v) is 12.4. The summed E-state index contributed by atoms with van der Waals surface area (Å²) < 4.78 is 23.7. The summed E-state index contributed by atoms with van der Waals surface area (Å²) in [4.78, 5) is 12.5. The Morgan fingerprint density at radius 3 is 1.73 bits per heavy atom. The molecule has 0 spiro atoms. The minimum Gasteiger partial charge on any atom is -0.493 e. The molecule has 5 heteroatoms. The molecule has 1 aliphatic rings. The molecule has 0 amide bonds. The second-order valence-corrected chi connectivity index (χ2v) is 9.08. The smallest absolute Gasteiger partial charge is 0.306 e. The molecule has 0 N–H and O–H groups in total. The van der Waals surface area contributed by atoms with Crippen molar-refractivity contribution in [3.63, 3.8) is 0 Å². The molecule has 5 rings (SSSR count). The third-order valence-corrected chi connectivity index (χ3v) is 6.91. The van der Waals surface area contributed by atoms with Crippen molar-refractivity contribution >= 4 is 5.97 Å². The number of esters is 1. The molecular formula is C32H30O5. The van der Waals surface area contributed by atoms with E-state index in [1.54, 1.807) is 14.2 Å². The molecule has 0 unspecified atom stereocenters. The van der Waals surface area contributed by atoms with E-state index in [9.17, 15) is 4.79 Å². The summed E-state index contributed by atoms with van der Waals surface area (Å²) in [6.45, 7) is 0.309. The predicted molar refractivity (Wildman–Crippen MR) is 142 cm³/mol. The fourth-order valence-electron chi connectivity index (χ4n) is 5.12. The lowest BCUT2D eigenvalue weighted by atomic mass is 9.80. The first kappa shape index (κ1) is 24.6. The molecule has 1 saturated heterocycles. The first-order valence-electron chi connectivity index (χ1n) is 12.4. The van der Waals surface area contributed by atoms with Crippen LogP contribution in [0.25, 0.3) is 0 Å². The van der Waals surface area contributed by atoms with Gasteiger partial charge in [0.25, 0.3) is 0 Å². The van der Waals surface area contributed by atoms with Crippen molar-refractivity contribution in [3.05, 3.63) is 131 Å². The fourth-order valence-corrected chi connectivity index (χ4v) is 5.12. The van der Waals surface area contributed by atoms with E-state index in [4.69, 9.17) is 18.9 Å². The SMILES string of the molecule is COc1ccc([C@@H]2OC(=O)C[C@H]2COC(c2ccccc2)(c2ccccc2)c2ccccc2)cc1OC. The van der Waals surface area contributed by atoms with Gasteiger partial charge < -0.3 is 18.9 Å². The Bertz CT molecular complexity index is 1220. The molecule has 0 aliphatic carbocycles. The van der Waals surface area contributed by atoms with Crippen molar-refractivity contribution in [1.82, 2.24) is 0 Å². The van der Waals surface area contributed by atoms with E-state index < -0.39 is 11.7 Å². The van der Waals surface area contributed by atoms with Crippen LogP contribution in [0.15, 0.2) is 109 Å². The van der Waals surface area contributed by atoms with E-state index in [1.807, 2.05) is 72.8 Å². The fraction of sp³-hybridized carbons (Fsp3) is 0.219. The van der Waals surface area contributed by atoms with Gasteiger partial charge in [0.2, 0.25) is 0 Å². The van der Waals surface area contributed by atoms with E-state index >= 15 is 0 Å². The number of carbonyl (C=O) groups excluding carboxylic acids is 1. The molecule has 5 nitrogen and oxygen atoms in total. The van der Waals surface area contributed by atoms with Crippen LogP contribution in [0, 0.1) is 5.92 Å². The number of ether oxygens (including phenoxy) is 4. The lowest BCUT2D eigenvalue weighted by Crippen LogP contribution is -2.35. The highest BCUT2D eigenvalue weighted by Gasteiger charge is 2.42. The molecule has 2 atom stereocenters. The van der Waals surface area contributed by atoms with Gasteiger partial charge >= 0.3 is 5.97 Å². The highest BCUT2D eigenvalue weighted by molar-refractivity contribution is 5.72. The Labute approximate surface area is 217 Å². The van der Waals surface area contributed by atoms with E-state index in [1.165, 1.54) is 0 Å². The number of methoxy groups -OCH3 is 2. The van der Waals surface area contributed by atoms with Gasteiger partial charge in [-0.1, -0.05) is 97.1 Å². The molecule has 0 aromatic heterocycles. The van der Waals surface area contributed by atoms with Crippen LogP contribution < -0.4 is 9.47 Å². The van der Waals surface area contributed by atoms with Gasteiger partial charge in [0, 0.05) is 5.92 Å². The van der Waals surface area contributed by atoms with Crippen LogP contribution >= 0.6 is 0 Å². The van der Waals surface area contributed by atoms with E-state index in [-0.39, 0.29) is 18.3 Å². The third kappa shape index (κ3) is 4.83. The minimum atomic E-state index is -0.864. The van der Waals surface area contributed by atoms with Gasteiger partial charge in [-0.15, -0.1) is 0 Å². The molecule has 0 radical (unpaired) electrons. The van der Waals surface area contributed by atoms with Gasteiger partial charge in [0.05, 0.1) is 27.2 Å². The number of rotatable bonds is 9. The Kier molecular flexibility index (Phi) is 7.24. The summed E-state index contributed by atoms with van der Waals surface area (Å²) >= 11 is 0. The predicted octanol–water partition coefficient (Wildman–Crippen LogP) is 6.32.